The van der Waals surface area contributed by atoms with E-state index in [9.17, 15) is 17.6 Å². The fraction of sp³-hybridized carbons (Fsp3) is 0. The molecule has 0 saturated carbocycles. The van der Waals surface area contributed by atoms with Gasteiger partial charge in [-0.25, -0.2) is 22.6 Å². The van der Waals surface area contributed by atoms with Crippen LogP contribution >= 0.6 is 15.9 Å². The van der Waals surface area contributed by atoms with Crippen LogP contribution in [-0.4, -0.2) is 29.5 Å². The lowest BCUT2D eigenvalue weighted by Gasteiger charge is -2.09. The van der Waals surface area contributed by atoms with Gasteiger partial charge in [-0.15, -0.1) is 0 Å². The zero-order chi connectivity index (χ0) is 15.6. The summed E-state index contributed by atoms with van der Waals surface area (Å²) in [6, 6.07) is 1.93. The number of benzene rings is 1. The van der Waals surface area contributed by atoms with Crippen LogP contribution in [0.4, 0.5) is 10.2 Å². The molecule has 0 atom stereocenters. The molecule has 21 heavy (non-hydrogen) atoms. The van der Waals surface area contributed by atoms with Crippen molar-refractivity contribution in [3.63, 3.8) is 0 Å². The van der Waals surface area contributed by atoms with Gasteiger partial charge in [-0.05, 0) is 12.1 Å². The van der Waals surface area contributed by atoms with Gasteiger partial charge in [-0.2, -0.15) is 0 Å². The number of hydrogen-bond acceptors (Lipinski definition) is 5. The van der Waals surface area contributed by atoms with Crippen molar-refractivity contribution in [2.24, 2.45) is 0 Å². The molecular formula is C11H7BrFN3O4S. The highest BCUT2D eigenvalue weighted by Crippen LogP contribution is 2.25. The van der Waals surface area contributed by atoms with Gasteiger partial charge in [0, 0.05) is 16.9 Å². The molecule has 1 aromatic heterocycles. The van der Waals surface area contributed by atoms with Crippen LogP contribution in [-0.2, 0) is 10.0 Å². The molecule has 110 valence electrons. The summed E-state index contributed by atoms with van der Waals surface area (Å²) < 4.78 is 40.4. The van der Waals surface area contributed by atoms with Gasteiger partial charge in [0.2, 0.25) is 0 Å². The average molecular weight is 376 g/mol. The zero-order valence-corrected chi connectivity index (χ0v) is 12.5. The molecule has 1 aromatic carbocycles. The van der Waals surface area contributed by atoms with Gasteiger partial charge in [-0.1, -0.05) is 15.9 Å². The molecule has 7 nitrogen and oxygen atoms in total. The first-order valence-corrected chi connectivity index (χ1v) is 7.60. The Labute approximate surface area is 127 Å². The maximum atomic E-state index is 14.0. The van der Waals surface area contributed by atoms with Crippen LogP contribution < -0.4 is 4.72 Å². The highest BCUT2D eigenvalue weighted by atomic mass is 79.9. The van der Waals surface area contributed by atoms with Gasteiger partial charge in [0.15, 0.2) is 11.6 Å². The number of rotatable bonds is 4. The summed E-state index contributed by atoms with van der Waals surface area (Å²) in [6.45, 7) is 0. The summed E-state index contributed by atoms with van der Waals surface area (Å²) >= 11 is 2.94. The largest absolute Gasteiger partial charge is 0.478 e. The molecule has 0 unspecified atom stereocenters. The van der Waals surface area contributed by atoms with E-state index < -0.39 is 32.3 Å². The Morgan fingerprint density at radius 1 is 1.33 bits per heavy atom. The molecule has 10 heteroatoms. The molecule has 0 aliphatic rings. The minimum absolute atomic E-state index is 0.112. The fourth-order valence-corrected chi connectivity index (χ4v) is 3.19. The van der Waals surface area contributed by atoms with Crippen molar-refractivity contribution in [3.8, 4) is 0 Å². The quantitative estimate of drug-likeness (QED) is 0.843. The van der Waals surface area contributed by atoms with Gasteiger partial charge in [0.25, 0.3) is 10.0 Å². The van der Waals surface area contributed by atoms with E-state index in [1.165, 1.54) is 12.4 Å². The predicted molar refractivity (Wildman–Crippen MR) is 73.9 cm³/mol. The topological polar surface area (TPSA) is 109 Å². The van der Waals surface area contributed by atoms with E-state index in [4.69, 9.17) is 5.11 Å². The molecule has 2 aromatic rings. The molecule has 0 aliphatic heterocycles. The highest BCUT2D eigenvalue weighted by Gasteiger charge is 2.25. The molecule has 0 radical (unpaired) electrons. The third-order valence-electron chi connectivity index (χ3n) is 2.33. The first-order valence-electron chi connectivity index (χ1n) is 5.32. The van der Waals surface area contributed by atoms with Crippen molar-refractivity contribution in [1.82, 2.24) is 9.97 Å². The summed E-state index contributed by atoms with van der Waals surface area (Å²) in [7, 11) is -4.34. The SMILES string of the molecule is O=C(O)c1cc(Br)cc(S(=O)(=O)Nc2cnccn2)c1F. The first-order chi connectivity index (χ1) is 9.81. The van der Waals surface area contributed by atoms with Crippen LogP contribution in [0.25, 0.3) is 0 Å². The molecule has 0 spiro atoms. The minimum atomic E-state index is -4.34. The van der Waals surface area contributed by atoms with Gasteiger partial charge < -0.3 is 5.11 Å². The van der Waals surface area contributed by atoms with Crippen LogP contribution in [0.3, 0.4) is 0 Å². The molecule has 0 aliphatic carbocycles. The van der Waals surface area contributed by atoms with Crippen molar-refractivity contribution in [2.45, 2.75) is 4.90 Å². The number of carboxylic acids is 1. The fourth-order valence-electron chi connectivity index (χ4n) is 1.46. The normalized spacial score (nSPS) is 11.1. The van der Waals surface area contributed by atoms with Crippen molar-refractivity contribution in [3.05, 3.63) is 46.6 Å². The first kappa shape index (κ1) is 15.3. The Bertz CT molecular complexity index is 799. The summed E-state index contributed by atoms with van der Waals surface area (Å²) in [5.41, 5.74) is -0.760. The van der Waals surface area contributed by atoms with E-state index in [0.29, 0.717) is 0 Å². The van der Waals surface area contributed by atoms with Gasteiger partial charge >= 0.3 is 5.97 Å². The molecular weight excluding hydrogens is 369 g/mol. The minimum Gasteiger partial charge on any atom is -0.478 e. The molecule has 1 heterocycles. The number of carboxylic acid groups (broad SMARTS) is 1. The Morgan fingerprint density at radius 2 is 2.05 bits per heavy atom. The zero-order valence-electron chi connectivity index (χ0n) is 10.1. The third kappa shape index (κ3) is 3.34. The molecule has 2 N–H and O–H groups in total. The standard InChI is InChI=1S/C11H7BrFN3O4S/c12-6-3-7(11(17)18)10(13)8(4-6)21(19,20)16-9-5-14-1-2-15-9/h1-5H,(H,15,16)(H,17,18). The maximum absolute atomic E-state index is 14.0. The molecule has 2 rings (SSSR count). The summed E-state index contributed by atoms with van der Waals surface area (Å²) in [6.07, 6.45) is 3.71. The second-order valence-corrected chi connectivity index (χ2v) is 6.33. The number of carbonyl (C=O) groups is 1. The number of sulfonamides is 1. The number of nitrogens with one attached hydrogen (secondary N) is 1. The average Bonchev–Trinajstić information content (AvgIpc) is 2.41. The Kier molecular flexibility index (Phi) is 4.19. The molecule has 0 amide bonds. The number of halogens is 2. The number of hydrogen-bond donors (Lipinski definition) is 2. The van der Waals surface area contributed by atoms with Crippen LogP contribution in [0.5, 0.6) is 0 Å². The van der Waals surface area contributed by atoms with Gasteiger partial charge in [0.1, 0.15) is 4.90 Å². The second kappa shape index (κ2) is 5.74. The monoisotopic (exact) mass is 375 g/mol. The van der Waals surface area contributed by atoms with E-state index >= 15 is 0 Å². The van der Waals surface area contributed by atoms with E-state index in [2.05, 4.69) is 25.9 Å². The lowest BCUT2D eigenvalue weighted by molar-refractivity contribution is 0.0691. The second-order valence-electron chi connectivity index (χ2n) is 3.77. The highest BCUT2D eigenvalue weighted by molar-refractivity contribution is 9.10. The van der Waals surface area contributed by atoms with Crippen LogP contribution in [0.1, 0.15) is 10.4 Å². The Hall–Kier alpha value is -2.07. The Balaban J connectivity index is 2.53. The van der Waals surface area contributed by atoms with Crippen molar-refractivity contribution in [2.75, 3.05) is 4.72 Å². The number of anilines is 1. The van der Waals surface area contributed by atoms with E-state index in [1.807, 2.05) is 4.72 Å². The molecule has 0 bridgehead atoms. The number of aromatic nitrogens is 2. The van der Waals surface area contributed by atoms with Gasteiger partial charge in [-0.3, -0.25) is 9.71 Å². The van der Waals surface area contributed by atoms with E-state index in [-0.39, 0.29) is 10.3 Å². The summed E-state index contributed by atoms with van der Waals surface area (Å²) in [5, 5.41) is 8.87. The summed E-state index contributed by atoms with van der Waals surface area (Å²) in [5.74, 6) is -3.06. The molecule has 0 saturated heterocycles. The van der Waals surface area contributed by atoms with Crippen LogP contribution in [0, 0.1) is 5.82 Å². The lowest BCUT2D eigenvalue weighted by Crippen LogP contribution is -2.17. The van der Waals surface area contributed by atoms with Crippen molar-refractivity contribution in [1.29, 1.82) is 0 Å². The maximum Gasteiger partial charge on any atom is 0.338 e. The Morgan fingerprint density at radius 3 is 2.62 bits per heavy atom. The van der Waals surface area contributed by atoms with E-state index in [0.717, 1.165) is 18.3 Å². The van der Waals surface area contributed by atoms with Crippen molar-refractivity contribution >= 4 is 37.7 Å². The predicted octanol–water partition coefficient (Wildman–Crippen LogP) is 1.88. The van der Waals surface area contributed by atoms with Crippen molar-refractivity contribution < 1.29 is 22.7 Å². The smallest absolute Gasteiger partial charge is 0.338 e. The third-order valence-corrected chi connectivity index (χ3v) is 4.14. The van der Waals surface area contributed by atoms with E-state index in [1.54, 1.807) is 0 Å². The summed E-state index contributed by atoms with van der Waals surface area (Å²) in [4.78, 5) is 17.5. The lowest BCUT2D eigenvalue weighted by atomic mass is 10.2. The number of nitrogens with zero attached hydrogens (tertiary/aromatic N) is 2. The van der Waals surface area contributed by atoms with Crippen LogP contribution in [0.2, 0.25) is 0 Å². The van der Waals surface area contributed by atoms with Crippen LogP contribution in [0.15, 0.2) is 40.1 Å². The number of aromatic carboxylic acids is 1. The van der Waals surface area contributed by atoms with Gasteiger partial charge in [0.05, 0.1) is 11.8 Å². The molecule has 0 fully saturated rings.